The number of hydrogen-bond donors (Lipinski definition) is 2. The van der Waals surface area contributed by atoms with E-state index in [9.17, 15) is 4.79 Å². The summed E-state index contributed by atoms with van der Waals surface area (Å²) in [7, 11) is 3.26. The van der Waals surface area contributed by atoms with E-state index in [1.807, 2.05) is 36.4 Å². The van der Waals surface area contributed by atoms with Gasteiger partial charge >= 0.3 is 6.09 Å². The molecule has 2 aromatic carbocycles. The number of amides is 1. The molecule has 1 atom stereocenters. The normalized spacial score (nSPS) is 17.3. The summed E-state index contributed by atoms with van der Waals surface area (Å²) in [6.07, 6.45) is 0.640. The molecule has 0 saturated carbocycles. The van der Waals surface area contributed by atoms with E-state index in [-0.39, 0.29) is 5.37 Å². The van der Waals surface area contributed by atoms with Crippen LogP contribution in [0.3, 0.4) is 0 Å². The van der Waals surface area contributed by atoms with Crippen molar-refractivity contribution in [2.45, 2.75) is 18.2 Å². The van der Waals surface area contributed by atoms with Gasteiger partial charge in [-0.25, -0.2) is 4.79 Å². The summed E-state index contributed by atoms with van der Waals surface area (Å²) in [5.74, 6) is 0. The first kappa shape index (κ1) is 16.0. The van der Waals surface area contributed by atoms with E-state index in [4.69, 9.17) is 5.11 Å². The van der Waals surface area contributed by atoms with Crippen LogP contribution in [0.4, 0.5) is 4.79 Å². The van der Waals surface area contributed by atoms with Crippen molar-refractivity contribution in [3.63, 3.8) is 0 Å². The Labute approximate surface area is 143 Å². The summed E-state index contributed by atoms with van der Waals surface area (Å²) in [6.45, 7) is 0. The first-order chi connectivity index (χ1) is 11.2. The first-order valence-corrected chi connectivity index (χ1v) is 9.56. The molecular weight excluding hydrogens is 326 g/mol. The fourth-order valence-corrected chi connectivity index (χ4v) is 5.45. The Bertz CT molecular complexity index is 701. The first-order valence-electron chi connectivity index (χ1n) is 7.35. The highest BCUT2D eigenvalue weighted by atomic mass is 33.1. The van der Waals surface area contributed by atoms with Gasteiger partial charge in [0.05, 0.1) is 0 Å². The fraction of sp³-hybridized carbons (Fsp3) is 0.167. The molecule has 23 heavy (non-hydrogen) atoms. The molecule has 0 bridgehead atoms. The highest BCUT2D eigenvalue weighted by molar-refractivity contribution is 8.78. The third kappa shape index (κ3) is 4.33. The fourth-order valence-electron chi connectivity index (χ4n) is 2.52. The zero-order valence-corrected chi connectivity index (χ0v) is 14.1. The molecule has 0 fully saturated rings. The van der Waals surface area contributed by atoms with Crippen LogP contribution in [0.2, 0.25) is 0 Å². The van der Waals surface area contributed by atoms with E-state index in [1.165, 1.54) is 16.0 Å². The smallest absolute Gasteiger partial charge is 0.405 e. The Hall–Kier alpha value is -1.85. The van der Waals surface area contributed by atoms with Gasteiger partial charge < -0.3 is 10.4 Å². The molecule has 0 saturated heterocycles. The molecule has 1 unspecified atom stereocenters. The van der Waals surface area contributed by atoms with E-state index in [0.29, 0.717) is 0 Å². The molecule has 3 nitrogen and oxygen atoms in total. The Morgan fingerprint density at radius 3 is 2.09 bits per heavy atom. The number of nitrogens with one attached hydrogen (secondary N) is 1. The number of carbonyl (C=O) groups is 1. The van der Waals surface area contributed by atoms with Crippen molar-refractivity contribution in [2.24, 2.45) is 0 Å². The zero-order valence-electron chi connectivity index (χ0n) is 12.4. The van der Waals surface area contributed by atoms with Gasteiger partial charge in [-0.15, -0.1) is 0 Å². The summed E-state index contributed by atoms with van der Waals surface area (Å²) in [5, 5.41) is 11.5. The van der Waals surface area contributed by atoms with E-state index in [1.54, 1.807) is 21.6 Å². The molecule has 1 amide bonds. The third-order valence-electron chi connectivity index (χ3n) is 3.62. The molecule has 5 heteroatoms. The molecule has 0 aliphatic carbocycles. The van der Waals surface area contributed by atoms with Crippen molar-refractivity contribution in [1.29, 1.82) is 0 Å². The van der Waals surface area contributed by atoms with Crippen LogP contribution in [-0.2, 0) is 12.8 Å². The van der Waals surface area contributed by atoms with Crippen molar-refractivity contribution < 1.29 is 9.90 Å². The molecule has 1 aliphatic rings. The molecule has 0 spiro atoms. The number of carboxylic acid groups (broad SMARTS) is 1. The summed E-state index contributed by atoms with van der Waals surface area (Å²) in [4.78, 5) is 12.3. The van der Waals surface area contributed by atoms with E-state index >= 15 is 0 Å². The van der Waals surface area contributed by atoms with Gasteiger partial charge in [0.25, 0.3) is 0 Å². The number of rotatable bonds is 5. The molecule has 1 aliphatic heterocycles. The summed E-state index contributed by atoms with van der Waals surface area (Å²) < 4.78 is 0. The zero-order chi connectivity index (χ0) is 16.1. The molecule has 118 valence electrons. The van der Waals surface area contributed by atoms with Crippen LogP contribution in [0.1, 0.15) is 11.1 Å². The molecule has 1 heterocycles. The van der Waals surface area contributed by atoms with Gasteiger partial charge in [0.15, 0.2) is 0 Å². The minimum atomic E-state index is -0.977. The quantitative estimate of drug-likeness (QED) is 0.772. The Morgan fingerprint density at radius 1 is 0.957 bits per heavy atom. The van der Waals surface area contributed by atoms with Crippen molar-refractivity contribution in [2.75, 3.05) is 0 Å². The van der Waals surface area contributed by atoms with Crippen molar-refractivity contribution in [3.05, 3.63) is 82.3 Å². The summed E-state index contributed by atoms with van der Waals surface area (Å²) >= 11 is 0. The predicted molar refractivity (Wildman–Crippen MR) is 97.4 cm³/mol. The maximum Gasteiger partial charge on any atom is 0.405 e. The lowest BCUT2D eigenvalue weighted by Crippen LogP contribution is -2.31. The van der Waals surface area contributed by atoms with Crippen molar-refractivity contribution in [1.82, 2.24) is 5.32 Å². The SMILES string of the molecule is O=C(O)NC1SSC(Cc2ccccc2)=C1Cc1ccccc1. The average molecular weight is 343 g/mol. The van der Waals surface area contributed by atoms with Gasteiger partial charge in [0.2, 0.25) is 0 Å². The molecule has 0 radical (unpaired) electrons. The highest BCUT2D eigenvalue weighted by Gasteiger charge is 2.28. The van der Waals surface area contributed by atoms with E-state index in [2.05, 4.69) is 29.6 Å². The van der Waals surface area contributed by atoms with Crippen LogP contribution >= 0.6 is 21.6 Å². The van der Waals surface area contributed by atoms with Gasteiger partial charge in [0, 0.05) is 11.3 Å². The van der Waals surface area contributed by atoms with Crippen LogP contribution in [0, 0.1) is 0 Å². The molecule has 2 N–H and O–H groups in total. The maximum absolute atomic E-state index is 11.1. The molecule has 0 aromatic heterocycles. The van der Waals surface area contributed by atoms with Gasteiger partial charge in [-0.1, -0.05) is 82.3 Å². The molecular formula is C18H17NO2S2. The summed E-state index contributed by atoms with van der Waals surface area (Å²) in [5.41, 5.74) is 3.61. The molecule has 3 rings (SSSR count). The average Bonchev–Trinajstić information content (AvgIpc) is 2.91. The van der Waals surface area contributed by atoms with Crippen molar-refractivity contribution >= 4 is 27.7 Å². The third-order valence-corrected chi connectivity index (χ3v) is 6.39. The van der Waals surface area contributed by atoms with Crippen LogP contribution in [-0.4, -0.2) is 16.6 Å². The van der Waals surface area contributed by atoms with Gasteiger partial charge in [-0.05, 0) is 23.1 Å². The number of benzene rings is 2. The second kappa shape index (κ2) is 7.62. The Morgan fingerprint density at radius 2 is 1.52 bits per heavy atom. The minimum Gasteiger partial charge on any atom is -0.465 e. The Kier molecular flexibility index (Phi) is 5.31. The van der Waals surface area contributed by atoms with E-state index in [0.717, 1.165) is 18.4 Å². The second-order valence-electron chi connectivity index (χ2n) is 5.28. The second-order valence-corrected chi connectivity index (χ2v) is 7.68. The Balaban J connectivity index is 1.86. The molecule has 2 aromatic rings. The van der Waals surface area contributed by atoms with E-state index < -0.39 is 6.09 Å². The number of allylic oxidation sites excluding steroid dienone is 1. The predicted octanol–water partition coefficient (Wildman–Crippen LogP) is 4.71. The van der Waals surface area contributed by atoms with Crippen molar-refractivity contribution in [3.8, 4) is 0 Å². The lowest BCUT2D eigenvalue weighted by atomic mass is 10.0. The summed E-state index contributed by atoms with van der Waals surface area (Å²) in [6, 6.07) is 20.5. The van der Waals surface area contributed by atoms with Gasteiger partial charge in [-0.2, -0.15) is 0 Å². The van der Waals surface area contributed by atoms with Crippen LogP contribution in [0.5, 0.6) is 0 Å². The van der Waals surface area contributed by atoms with Gasteiger partial charge in [-0.3, -0.25) is 0 Å². The standard InChI is InChI=1S/C18H17NO2S2/c20-18(21)19-17-15(11-13-7-3-1-4-8-13)16(22-23-17)12-14-9-5-2-6-10-14/h1-10,17,19H,11-12H2,(H,20,21). The number of hydrogen-bond acceptors (Lipinski definition) is 3. The lowest BCUT2D eigenvalue weighted by Gasteiger charge is -2.14. The van der Waals surface area contributed by atoms with Crippen LogP contribution < -0.4 is 5.32 Å². The maximum atomic E-state index is 11.1. The topological polar surface area (TPSA) is 49.3 Å². The van der Waals surface area contributed by atoms with Crippen LogP contribution in [0.25, 0.3) is 0 Å². The monoisotopic (exact) mass is 343 g/mol. The highest BCUT2D eigenvalue weighted by Crippen LogP contribution is 2.47. The lowest BCUT2D eigenvalue weighted by molar-refractivity contribution is 0.194. The van der Waals surface area contributed by atoms with Gasteiger partial charge in [0.1, 0.15) is 5.37 Å². The van der Waals surface area contributed by atoms with Crippen LogP contribution in [0.15, 0.2) is 71.1 Å². The minimum absolute atomic E-state index is 0.184. The largest absolute Gasteiger partial charge is 0.465 e.